The van der Waals surface area contributed by atoms with E-state index in [2.05, 4.69) is 17.1 Å². The number of carbonyl (C=O) groups is 1. The molecule has 0 unspecified atom stereocenters. The van der Waals surface area contributed by atoms with E-state index in [0.29, 0.717) is 12.2 Å². The Hall–Kier alpha value is -1.71. The topological polar surface area (TPSA) is 58.4 Å². The van der Waals surface area contributed by atoms with Gasteiger partial charge in [-0.2, -0.15) is 0 Å². The van der Waals surface area contributed by atoms with E-state index >= 15 is 0 Å². The Bertz CT molecular complexity index is 469. The molecule has 0 aliphatic heterocycles. The molecule has 1 aromatic carbocycles. The molecule has 1 amide bonds. The molecular formula is C16H25N3O. The average Bonchev–Trinajstić information content (AvgIpc) is 2.38. The summed E-state index contributed by atoms with van der Waals surface area (Å²) in [6, 6.07) is 5.55. The van der Waals surface area contributed by atoms with Crippen LogP contribution in [0.25, 0.3) is 0 Å². The highest BCUT2D eigenvalue weighted by molar-refractivity contribution is 6.00. The fourth-order valence-electron chi connectivity index (χ4n) is 2.64. The summed E-state index contributed by atoms with van der Waals surface area (Å²) in [5.74, 6) is 0.744. The van der Waals surface area contributed by atoms with Crippen LogP contribution in [0.2, 0.25) is 0 Å². The van der Waals surface area contributed by atoms with Crippen LogP contribution in [0.15, 0.2) is 18.2 Å². The monoisotopic (exact) mass is 275 g/mol. The lowest BCUT2D eigenvalue weighted by Gasteiger charge is -2.34. The molecule has 2 rings (SSSR count). The number of nitrogens with zero attached hydrogens (tertiary/aromatic N) is 1. The highest BCUT2D eigenvalue weighted by atomic mass is 16.1. The summed E-state index contributed by atoms with van der Waals surface area (Å²) in [4.78, 5) is 14.5. The molecule has 0 heterocycles. The zero-order valence-electron chi connectivity index (χ0n) is 12.5. The van der Waals surface area contributed by atoms with Gasteiger partial charge in [0.1, 0.15) is 0 Å². The molecule has 1 aliphatic carbocycles. The van der Waals surface area contributed by atoms with Crippen LogP contribution < -0.4 is 16.0 Å². The lowest BCUT2D eigenvalue weighted by Crippen LogP contribution is -2.34. The molecule has 3 N–H and O–H groups in total. The van der Waals surface area contributed by atoms with Gasteiger partial charge in [0.15, 0.2) is 0 Å². The highest BCUT2D eigenvalue weighted by Gasteiger charge is 2.23. The van der Waals surface area contributed by atoms with Crippen LogP contribution in [0.4, 0.5) is 11.4 Å². The summed E-state index contributed by atoms with van der Waals surface area (Å²) in [6.07, 6.45) is 3.94. The van der Waals surface area contributed by atoms with Crippen LogP contribution in [0.1, 0.15) is 43.5 Å². The van der Waals surface area contributed by atoms with Gasteiger partial charge in [-0.15, -0.1) is 0 Å². The van der Waals surface area contributed by atoms with E-state index in [1.807, 2.05) is 19.1 Å². The smallest absolute Gasteiger partial charge is 0.253 e. The third-order valence-electron chi connectivity index (χ3n) is 4.03. The van der Waals surface area contributed by atoms with Crippen LogP contribution >= 0.6 is 0 Å². The number of nitrogens with one attached hydrogen (secondary N) is 1. The van der Waals surface area contributed by atoms with Crippen molar-refractivity contribution in [1.29, 1.82) is 0 Å². The Morgan fingerprint density at radius 3 is 2.70 bits per heavy atom. The summed E-state index contributed by atoms with van der Waals surface area (Å²) < 4.78 is 0. The van der Waals surface area contributed by atoms with Gasteiger partial charge in [-0.3, -0.25) is 4.79 Å². The largest absolute Gasteiger partial charge is 0.399 e. The summed E-state index contributed by atoms with van der Waals surface area (Å²) in [6.45, 7) is 6.61. The predicted molar refractivity (Wildman–Crippen MR) is 84.1 cm³/mol. The first-order valence-electron chi connectivity index (χ1n) is 7.58. The van der Waals surface area contributed by atoms with Crippen LogP contribution in [0, 0.1) is 5.92 Å². The molecule has 4 nitrogen and oxygen atoms in total. The van der Waals surface area contributed by atoms with E-state index < -0.39 is 0 Å². The van der Waals surface area contributed by atoms with Crippen molar-refractivity contribution in [2.75, 3.05) is 30.3 Å². The molecule has 20 heavy (non-hydrogen) atoms. The molecule has 4 heteroatoms. The van der Waals surface area contributed by atoms with Crippen LogP contribution in [-0.2, 0) is 0 Å². The highest BCUT2D eigenvalue weighted by Crippen LogP contribution is 2.31. The maximum atomic E-state index is 12.2. The molecule has 1 aromatic rings. The SMILES string of the molecule is CCNC(=O)c1ccc(N)cc1N(CC)CC1CCC1. The molecule has 1 saturated carbocycles. The van der Waals surface area contributed by atoms with E-state index in [1.54, 1.807) is 6.07 Å². The summed E-state index contributed by atoms with van der Waals surface area (Å²) in [5, 5.41) is 2.88. The Kier molecular flexibility index (Phi) is 4.88. The molecule has 0 atom stereocenters. The molecule has 0 aromatic heterocycles. The number of carbonyl (C=O) groups excluding carboxylic acids is 1. The number of rotatable bonds is 6. The van der Waals surface area contributed by atoms with Gasteiger partial charge in [-0.25, -0.2) is 0 Å². The second kappa shape index (κ2) is 6.64. The van der Waals surface area contributed by atoms with Crippen molar-refractivity contribution >= 4 is 17.3 Å². The van der Waals surface area contributed by atoms with Crippen LogP contribution in [0.5, 0.6) is 0 Å². The second-order valence-corrected chi connectivity index (χ2v) is 5.47. The first kappa shape index (κ1) is 14.7. The third kappa shape index (κ3) is 3.24. The lowest BCUT2D eigenvalue weighted by molar-refractivity contribution is 0.0956. The molecule has 0 saturated heterocycles. The average molecular weight is 275 g/mol. The van der Waals surface area contributed by atoms with Gasteiger partial charge in [0.2, 0.25) is 0 Å². The number of nitrogen functional groups attached to an aromatic ring is 1. The first-order chi connectivity index (χ1) is 9.65. The van der Waals surface area contributed by atoms with Gasteiger partial charge in [0, 0.05) is 25.3 Å². The fourth-order valence-corrected chi connectivity index (χ4v) is 2.64. The number of anilines is 2. The number of nitrogens with two attached hydrogens (primary N) is 1. The first-order valence-corrected chi connectivity index (χ1v) is 7.58. The molecule has 0 spiro atoms. The molecule has 110 valence electrons. The van der Waals surface area contributed by atoms with Crippen molar-refractivity contribution in [3.05, 3.63) is 23.8 Å². The Morgan fingerprint density at radius 2 is 2.15 bits per heavy atom. The minimum atomic E-state index is -0.0189. The number of hydrogen-bond donors (Lipinski definition) is 2. The van der Waals surface area contributed by atoms with Crippen molar-refractivity contribution in [3.8, 4) is 0 Å². The Balaban J connectivity index is 2.25. The number of benzene rings is 1. The normalized spacial score (nSPS) is 14.7. The van der Waals surface area contributed by atoms with Crippen molar-refractivity contribution in [1.82, 2.24) is 5.32 Å². The standard InChI is InChI=1S/C16H25N3O/c1-3-18-16(20)14-9-8-13(17)10-15(14)19(4-2)11-12-6-5-7-12/h8-10,12H,3-7,11,17H2,1-2H3,(H,18,20). The van der Waals surface area contributed by atoms with Crippen molar-refractivity contribution in [2.24, 2.45) is 5.92 Å². The van der Waals surface area contributed by atoms with Crippen LogP contribution in [-0.4, -0.2) is 25.5 Å². The zero-order valence-corrected chi connectivity index (χ0v) is 12.5. The zero-order chi connectivity index (χ0) is 14.5. The minimum absolute atomic E-state index is 0.0189. The molecular weight excluding hydrogens is 250 g/mol. The Labute approximate surface area is 121 Å². The number of hydrogen-bond acceptors (Lipinski definition) is 3. The lowest BCUT2D eigenvalue weighted by atomic mass is 9.85. The van der Waals surface area contributed by atoms with Gasteiger partial charge in [-0.05, 0) is 50.8 Å². The molecule has 0 bridgehead atoms. The molecule has 1 aliphatic rings. The maximum Gasteiger partial charge on any atom is 0.253 e. The van der Waals surface area contributed by atoms with Gasteiger partial charge >= 0.3 is 0 Å². The minimum Gasteiger partial charge on any atom is -0.399 e. The quantitative estimate of drug-likeness (QED) is 0.785. The fraction of sp³-hybridized carbons (Fsp3) is 0.562. The maximum absolute atomic E-state index is 12.2. The second-order valence-electron chi connectivity index (χ2n) is 5.47. The van der Waals surface area contributed by atoms with Crippen molar-refractivity contribution in [3.63, 3.8) is 0 Å². The van der Waals surface area contributed by atoms with Gasteiger partial charge in [0.05, 0.1) is 11.3 Å². The third-order valence-corrected chi connectivity index (χ3v) is 4.03. The van der Waals surface area contributed by atoms with E-state index in [9.17, 15) is 4.79 Å². The van der Waals surface area contributed by atoms with Crippen LogP contribution in [0.3, 0.4) is 0 Å². The summed E-state index contributed by atoms with van der Waals surface area (Å²) >= 11 is 0. The summed E-state index contributed by atoms with van der Waals surface area (Å²) in [5.41, 5.74) is 8.31. The Morgan fingerprint density at radius 1 is 1.40 bits per heavy atom. The van der Waals surface area contributed by atoms with Gasteiger partial charge in [-0.1, -0.05) is 6.42 Å². The van der Waals surface area contributed by atoms with E-state index in [-0.39, 0.29) is 5.91 Å². The van der Waals surface area contributed by atoms with Gasteiger partial charge in [0.25, 0.3) is 5.91 Å². The van der Waals surface area contributed by atoms with Gasteiger partial charge < -0.3 is 16.0 Å². The van der Waals surface area contributed by atoms with Crippen molar-refractivity contribution in [2.45, 2.75) is 33.1 Å². The molecule has 0 radical (unpaired) electrons. The summed E-state index contributed by atoms with van der Waals surface area (Å²) in [7, 11) is 0. The van der Waals surface area contributed by atoms with Crippen molar-refractivity contribution < 1.29 is 4.79 Å². The molecule has 1 fully saturated rings. The number of amides is 1. The van der Waals surface area contributed by atoms with E-state index in [1.165, 1.54) is 19.3 Å². The van der Waals surface area contributed by atoms with E-state index in [0.717, 1.165) is 30.3 Å². The predicted octanol–water partition coefficient (Wildman–Crippen LogP) is 2.64. The van der Waals surface area contributed by atoms with E-state index in [4.69, 9.17) is 5.73 Å².